The number of benzene rings is 1. The largest absolute Gasteiger partial charge is 0.392 e. The van der Waals surface area contributed by atoms with E-state index in [0.717, 1.165) is 0 Å². The number of aliphatic hydroxyl groups is 1. The Morgan fingerprint density at radius 3 is 2.89 bits per heavy atom. The van der Waals surface area contributed by atoms with Crippen LogP contribution in [0.25, 0.3) is 10.9 Å². The molecule has 2 aromatic rings. The fraction of sp³-hybridized carbons (Fsp3) is 0.273. The average molecular weight is 250 g/mol. The Balaban J connectivity index is 2.55. The summed E-state index contributed by atoms with van der Waals surface area (Å²) >= 11 is 0. The third kappa shape index (κ3) is 1.19. The molecule has 7 heteroatoms. The molecule has 0 spiro atoms. The van der Waals surface area contributed by atoms with E-state index in [1.54, 1.807) is 25.2 Å². The van der Waals surface area contributed by atoms with E-state index in [2.05, 4.69) is 10.4 Å². The van der Waals surface area contributed by atoms with Crippen molar-refractivity contribution in [2.24, 2.45) is 7.05 Å². The van der Waals surface area contributed by atoms with Crippen LogP contribution in [0.5, 0.6) is 0 Å². The van der Waals surface area contributed by atoms with Gasteiger partial charge in [-0.25, -0.2) is 9.18 Å². The average Bonchev–Trinajstić information content (AvgIpc) is 2.67. The van der Waals surface area contributed by atoms with Crippen LogP contribution in [-0.2, 0) is 13.7 Å². The van der Waals surface area contributed by atoms with Crippen molar-refractivity contribution in [3.8, 4) is 0 Å². The zero-order chi connectivity index (χ0) is 13.0. The molecule has 0 fully saturated rings. The number of hydrazine groups is 1. The lowest BCUT2D eigenvalue weighted by molar-refractivity contribution is 0.276. The van der Waals surface area contributed by atoms with Crippen molar-refractivity contribution in [1.82, 2.24) is 9.55 Å². The Hall–Kier alpha value is -2.15. The van der Waals surface area contributed by atoms with Gasteiger partial charge in [0.2, 0.25) is 0 Å². The Bertz CT molecular complexity index is 725. The van der Waals surface area contributed by atoms with Crippen LogP contribution in [0.4, 0.5) is 15.9 Å². The van der Waals surface area contributed by atoms with Gasteiger partial charge >= 0.3 is 5.69 Å². The summed E-state index contributed by atoms with van der Waals surface area (Å²) in [5.41, 5.74) is 3.23. The van der Waals surface area contributed by atoms with Gasteiger partial charge in [0.25, 0.3) is 0 Å². The number of rotatable bonds is 1. The predicted molar refractivity (Wildman–Crippen MR) is 64.9 cm³/mol. The highest BCUT2D eigenvalue weighted by atomic mass is 19.1. The molecule has 0 atom stereocenters. The van der Waals surface area contributed by atoms with Crippen LogP contribution in [0.3, 0.4) is 0 Å². The highest BCUT2D eigenvalue weighted by molar-refractivity contribution is 6.04. The fourth-order valence-electron chi connectivity index (χ4n) is 2.19. The van der Waals surface area contributed by atoms with Crippen molar-refractivity contribution < 1.29 is 9.50 Å². The van der Waals surface area contributed by atoms with Crippen molar-refractivity contribution in [3.05, 3.63) is 27.9 Å². The molecule has 1 aromatic heterocycles. The lowest BCUT2D eigenvalue weighted by Crippen LogP contribution is -2.25. The smallest absolute Gasteiger partial charge is 0.349 e. The van der Waals surface area contributed by atoms with Crippen LogP contribution in [0.2, 0.25) is 0 Å². The van der Waals surface area contributed by atoms with Gasteiger partial charge in [0.15, 0.2) is 5.82 Å². The third-order valence-electron chi connectivity index (χ3n) is 3.17. The summed E-state index contributed by atoms with van der Waals surface area (Å²) in [6.07, 6.45) is 0. The Morgan fingerprint density at radius 1 is 1.50 bits per heavy atom. The zero-order valence-electron chi connectivity index (χ0n) is 9.86. The van der Waals surface area contributed by atoms with Gasteiger partial charge in [-0.05, 0) is 6.07 Å². The number of aromatic nitrogens is 2. The molecule has 2 heterocycles. The monoisotopic (exact) mass is 250 g/mol. The lowest BCUT2D eigenvalue weighted by atomic mass is 10.1. The number of hydrogen-bond acceptors (Lipinski definition) is 5. The molecule has 0 radical (unpaired) electrons. The molecule has 3 rings (SSSR count). The van der Waals surface area contributed by atoms with Crippen LogP contribution in [0, 0.1) is 5.82 Å². The predicted octanol–water partition coefficient (Wildman–Crippen LogP) is 0.342. The zero-order valence-corrected chi connectivity index (χ0v) is 9.86. The van der Waals surface area contributed by atoms with Gasteiger partial charge in [-0.2, -0.15) is 4.98 Å². The van der Waals surface area contributed by atoms with Crippen molar-refractivity contribution in [1.29, 1.82) is 0 Å². The van der Waals surface area contributed by atoms with E-state index in [9.17, 15) is 9.18 Å². The molecule has 94 valence electrons. The summed E-state index contributed by atoms with van der Waals surface area (Å²) in [4.78, 5) is 15.4. The van der Waals surface area contributed by atoms with Gasteiger partial charge in [-0.15, -0.1) is 0 Å². The molecule has 18 heavy (non-hydrogen) atoms. The topological polar surface area (TPSA) is 70.4 Å². The molecule has 1 aromatic carbocycles. The number of hydrogen-bond donors (Lipinski definition) is 2. The third-order valence-corrected chi connectivity index (χ3v) is 3.17. The highest BCUT2D eigenvalue weighted by Gasteiger charge is 2.26. The molecular formula is C11H11FN4O2. The van der Waals surface area contributed by atoms with Gasteiger partial charge in [-0.1, -0.05) is 0 Å². The maximum absolute atomic E-state index is 14.1. The molecule has 0 saturated carbocycles. The van der Waals surface area contributed by atoms with E-state index in [4.69, 9.17) is 5.11 Å². The molecule has 1 aliphatic rings. The molecule has 0 amide bonds. The highest BCUT2D eigenvalue weighted by Crippen LogP contribution is 2.38. The van der Waals surface area contributed by atoms with E-state index in [-0.39, 0.29) is 11.1 Å². The van der Waals surface area contributed by atoms with Gasteiger partial charge in [0, 0.05) is 19.7 Å². The van der Waals surface area contributed by atoms with Gasteiger partial charge < -0.3 is 5.11 Å². The molecule has 0 aliphatic carbocycles. The molecule has 0 saturated heterocycles. The van der Waals surface area contributed by atoms with Crippen LogP contribution in [0.15, 0.2) is 10.9 Å². The first kappa shape index (κ1) is 11.0. The number of anilines is 2. The van der Waals surface area contributed by atoms with E-state index >= 15 is 0 Å². The van der Waals surface area contributed by atoms with Crippen LogP contribution in [-0.4, -0.2) is 21.7 Å². The minimum absolute atomic E-state index is 0.00787. The summed E-state index contributed by atoms with van der Waals surface area (Å²) < 4.78 is 15.4. The number of nitrogens with one attached hydrogen (secondary N) is 1. The summed E-state index contributed by atoms with van der Waals surface area (Å²) in [6.45, 7) is -0.436. The second kappa shape index (κ2) is 3.42. The standard InChI is InChI=1S/C11H11FN4O2/c1-15-10-7-6(16(2)14-10)3-5(4-17)8(12)9(7)13-11(15)18/h3,14,17H,4H2,1-2H3. The van der Waals surface area contributed by atoms with Crippen molar-refractivity contribution in [2.45, 2.75) is 6.61 Å². The van der Waals surface area contributed by atoms with E-state index < -0.39 is 18.1 Å². The first-order valence-electron chi connectivity index (χ1n) is 5.38. The van der Waals surface area contributed by atoms with Gasteiger partial charge in [0.05, 0.1) is 17.7 Å². The minimum Gasteiger partial charge on any atom is -0.392 e. The van der Waals surface area contributed by atoms with Crippen LogP contribution in [0.1, 0.15) is 5.56 Å². The Kier molecular flexibility index (Phi) is 2.09. The van der Waals surface area contributed by atoms with E-state index in [1.807, 2.05) is 0 Å². The lowest BCUT2D eigenvalue weighted by Gasteiger charge is -2.13. The van der Waals surface area contributed by atoms with Gasteiger partial charge in [0.1, 0.15) is 11.3 Å². The van der Waals surface area contributed by atoms with Crippen molar-refractivity contribution in [2.75, 3.05) is 17.5 Å². The normalized spacial score (nSPS) is 13.2. The molecule has 1 aliphatic heterocycles. The van der Waals surface area contributed by atoms with Crippen LogP contribution >= 0.6 is 0 Å². The van der Waals surface area contributed by atoms with Crippen molar-refractivity contribution in [3.63, 3.8) is 0 Å². The number of aliphatic hydroxyl groups excluding tert-OH is 1. The number of halogens is 1. The molecule has 0 unspecified atom stereocenters. The quantitative estimate of drug-likeness (QED) is 0.763. The summed E-state index contributed by atoms with van der Waals surface area (Å²) in [7, 11) is 3.32. The van der Waals surface area contributed by atoms with E-state index in [1.165, 1.54) is 4.57 Å². The first-order valence-corrected chi connectivity index (χ1v) is 5.38. The SMILES string of the molecule is CN1Nc2c3c1cc(CO)c(F)c3nc(=O)n2C. The summed E-state index contributed by atoms with van der Waals surface area (Å²) in [6, 6.07) is 1.55. The minimum atomic E-state index is -0.646. The van der Waals surface area contributed by atoms with E-state index in [0.29, 0.717) is 16.9 Å². The van der Waals surface area contributed by atoms with Gasteiger partial charge in [-0.3, -0.25) is 15.0 Å². The molecule has 0 bridgehead atoms. The number of nitrogens with zero attached hydrogens (tertiary/aromatic N) is 3. The first-order chi connectivity index (χ1) is 8.54. The second-order valence-electron chi connectivity index (χ2n) is 4.22. The summed E-state index contributed by atoms with van der Waals surface area (Å²) in [5.74, 6) is -0.141. The Labute approximate surface area is 101 Å². The summed E-state index contributed by atoms with van der Waals surface area (Å²) in [5, 5.41) is 11.3. The molecule has 6 nitrogen and oxygen atoms in total. The fourth-order valence-corrected chi connectivity index (χ4v) is 2.19. The van der Waals surface area contributed by atoms with Crippen molar-refractivity contribution >= 4 is 22.4 Å². The maximum Gasteiger partial charge on any atom is 0.349 e. The Morgan fingerprint density at radius 2 is 2.22 bits per heavy atom. The molecular weight excluding hydrogens is 239 g/mol. The van der Waals surface area contributed by atoms with Crippen LogP contribution < -0.4 is 16.1 Å². The maximum atomic E-state index is 14.1. The second-order valence-corrected chi connectivity index (χ2v) is 4.22. The molecule has 2 N–H and O–H groups in total.